The molecule has 0 aromatic carbocycles. The molecule has 0 spiro atoms. The van der Waals surface area contributed by atoms with Crippen molar-refractivity contribution in [3.8, 4) is 0 Å². The Hall–Kier alpha value is -1.70. The average Bonchev–Trinajstić information content (AvgIpc) is 2.77. The van der Waals surface area contributed by atoms with Crippen molar-refractivity contribution in [3.05, 3.63) is 39.4 Å². The lowest BCUT2D eigenvalue weighted by molar-refractivity contribution is 0.0601. The topological polar surface area (TPSA) is 63.2 Å². The maximum absolute atomic E-state index is 12.3. The minimum atomic E-state index is -0.325. The zero-order valence-electron chi connectivity index (χ0n) is 13.7. The molecule has 2 aromatic rings. The number of rotatable bonds is 3. The summed E-state index contributed by atoms with van der Waals surface area (Å²) in [6.45, 7) is 0. The molecule has 25 heavy (non-hydrogen) atoms. The predicted molar refractivity (Wildman–Crippen MR) is 106 cm³/mol. The maximum atomic E-state index is 12.3. The Morgan fingerprint density at radius 1 is 1.28 bits per heavy atom. The molecule has 0 amide bonds. The third-order valence-corrected chi connectivity index (χ3v) is 5.64. The molecule has 0 fully saturated rings. The average molecular weight is 396 g/mol. The van der Waals surface area contributed by atoms with Crippen molar-refractivity contribution in [1.29, 1.82) is 0 Å². The number of fused-ring (bicyclic) bond motifs is 1. The molecule has 1 aliphatic carbocycles. The molecule has 0 bridgehead atoms. The number of aryl methyl sites for hydroxylation is 1. The first-order valence-corrected chi connectivity index (χ1v) is 9.61. The number of methoxy groups -OCH3 is 1. The molecule has 132 valence electrons. The lowest BCUT2D eigenvalue weighted by Crippen LogP contribution is -2.20. The summed E-state index contributed by atoms with van der Waals surface area (Å²) in [6, 6.07) is 3.47. The van der Waals surface area contributed by atoms with Crippen molar-refractivity contribution < 1.29 is 9.53 Å². The number of halogens is 1. The number of carbonyl (C=O) groups excluding carboxylic acids is 1. The van der Waals surface area contributed by atoms with Crippen molar-refractivity contribution in [3.63, 3.8) is 0 Å². The van der Waals surface area contributed by atoms with Gasteiger partial charge in [-0.25, -0.2) is 9.78 Å². The van der Waals surface area contributed by atoms with Crippen molar-refractivity contribution in [2.24, 2.45) is 0 Å². The molecular formula is C17H18ClN3O2S2. The largest absolute Gasteiger partial charge is 0.465 e. The highest BCUT2D eigenvalue weighted by Crippen LogP contribution is 2.38. The van der Waals surface area contributed by atoms with Gasteiger partial charge in [-0.1, -0.05) is 18.0 Å². The predicted octanol–water partition coefficient (Wildman–Crippen LogP) is 4.66. The fourth-order valence-corrected chi connectivity index (χ4v) is 4.51. The van der Waals surface area contributed by atoms with Gasteiger partial charge in [0.05, 0.1) is 17.7 Å². The van der Waals surface area contributed by atoms with E-state index in [0.29, 0.717) is 21.5 Å². The van der Waals surface area contributed by atoms with Gasteiger partial charge in [-0.2, -0.15) is 0 Å². The summed E-state index contributed by atoms with van der Waals surface area (Å²) in [5, 5.41) is 7.78. The Kier molecular flexibility index (Phi) is 5.88. The number of hydrogen-bond donors (Lipinski definition) is 2. The zero-order chi connectivity index (χ0) is 17.8. The number of pyridine rings is 1. The molecule has 2 aromatic heterocycles. The molecule has 3 rings (SSSR count). The summed E-state index contributed by atoms with van der Waals surface area (Å²) in [4.78, 5) is 17.7. The summed E-state index contributed by atoms with van der Waals surface area (Å²) in [6.07, 6.45) is 6.85. The number of aromatic nitrogens is 1. The highest BCUT2D eigenvalue weighted by molar-refractivity contribution is 7.80. The number of hydrogen-bond acceptors (Lipinski definition) is 5. The highest BCUT2D eigenvalue weighted by atomic mass is 35.5. The Morgan fingerprint density at radius 3 is 2.80 bits per heavy atom. The van der Waals surface area contributed by atoms with Gasteiger partial charge in [-0.05, 0) is 55.6 Å². The Morgan fingerprint density at radius 2 is 2.08 bits per heavy atom. The van der Waals surface area contributed by atoms with Crippen LogP contribution in [-0.4, -0.2) is 23.2 Å². The smallest absolute Gasteiger partial charge is 0.341 e. The second-order valence-electron chi connectivity index (χ2n) is 5.70. The molecule has 5 nitrogen and oxygen atoms in total. The number of esters is 1. The van der Waals surface area contributed by atoms with Gasteiger partial charge in [-0.15, -0.1) is 11.3 Å². The van der Waals surface area contributed by atoms with Crippen molar-refractivity contribution >= 4 is 57.1 Å². The Balaban J connectivity index is 1.82. The molecule has 0 saturated heterocycles. The number of carbonyl (C=O) groups is 1. The fourth-order valence-electron chi connectivity index (χ4n) is 2.85. The SMILES string of the molecule is COC(=O)c1c(NC(=S)Nc2ccc(Cl)cn2)sc2c1CCCCC2. The van der Waals surface area contributed by atoms with Gasteiger partial charge in [0.2, 0.25) is 0 Å². The normalized spacial score (nSPS) is 13.5. The second-order valence-corrected chi connectivity index (χ2v) is 7.65. The van der Waals surface area contributed by atoms with E-state index in [0.717, 1.165) is 36.2 Å². The molecule has 0 unspecified atom stereocenters. The summed E-state index contributed by atoms with van der Waals surface area (Å²) in [5.74, 6) is 0.258. The molecule has 8 heteroatoms. The van der Waals surface area contributed by atoms with E-state index in [9.17, 15) is 4.79 Å². The minimum Gasteiger partial charge on any atom is -0.465 e. The van der Waals surface area contributed by atoms with E-state index in [1.807, 2.05) is 0 Å². The van der Waals surface area contributed by atoms with Gasteiger partial charge in [0.25, 0.3) is 0 Å². The molecule has 0 atom stereocenters. The van der Waals surface area contributed by atoms with E-state index in [2.05, 4.69) is 15.6 Å². The standard InChI is InChI=1S/C17H18ClN3O2S2/c1-23-16(22)14-11-5-3-2-4-6-12(11)25-15(14)21-17(24)20-13-8-7-10(18)9-19-13/h7-9H,2-6H2,1H3,(H2,19,20,21,24). The highest BCUT2D eigenvalue weighted by Gasteiger charge is 2.25. The number of ether oxygens (including phenoxy) is 1. The van der Waals surface area contributed by atoms with Crippen LogP contribution in [-0.2, 0) is 17.6 Å². The first kappa shape index (κ1) is 18.1. The Bertz CT molecular complexity index is 790. The van der Waals surface area contributed by atoms with Crippen LogP contribution in [0.2, 0.25) is 5.02 Å². The van der Waals surface area contributed by atoms with Crippen LogP contribution >= 0.6 is 35.2 Å². The van der Waals surface area contributed by atoms with E-state index in [4.69, 9.17) is 28.6 Å². The van der Waals surface area contributed by atoms with Crippen molar-refractivity contribution in [2.45, 2.75) is 32.1 Å². The Labute approximate surface area is 160 Å². The van der Waals surface area contributed by atoms with Gasteiger partial charge in [-0.3, -0.25) is 0 Å². The lowest BCUT2D eigenvalue weighted by Gasteiger charge is -2.10. The number of thiophene rings is 1. The van der Waals surface area contributed by atoms with Crippen LogP contribution in [0.15, 0.2) is 18.3 Å². The molecule has 2 N–H and O–H groups in total. The third-order valence-electron chi connectivity index (χ3n) is 4.01. The molecule has 0 saturated carbocycles. The molecular weight excluding hydrogens is 378 g/mol. The van der Waals surface area contributed by atoms with Crippen molar-refractivity contribution in [1.82, 2.24) is 4.98 Å². The van der Waals surface area contributed by atoms with Crippen LogP contribution in [0.5, 0.6) is 0 Å². The third kappa shape index (κ3) is 4.29. The number of anilines is 2. The van der Waals surface area contributed by atoms with Gasteiger partial charge >= 0.3 is 5.97 Å². The first-order valence-electron chi connectivity index (χ1n) is 8.01. The zero-order valence-corrected chi connectivity index (χ0v) is 16.1. The molecule has 2 heterocycles. The van der Waals surface area contributed by atoms with Gasteiger partial charge in [0, 0.05) is 11.1 Å². The summed E-state index contributed by atoms with van der Waals surface area (Å²) in [5.41, 5.74) is 1.71. The van der Waals surface area contributed by atoms with E-state index < -0.39 is 0 Å². The van der Waals surface area contributed by atoms with E-state index in [-0.39, 0.29) is 5.97 Å². The van der Waals surface area contributed by atoms with E-state index in [1.54, 1.807) is 29.7 Å². The molecule has 1 aliphatic rings. The van der Waals surface area contributed by atoms with Crippen LogP contribution in [0.4, 0.5) is 10.8 Å². The lowest BCUT2D eigenvalue weighted by atomic mass is 10.1. The van der Waals surface area contributed by atoms with Gasteiger partial charge < -0.3 is 15.4 Å². The van der Waals surface area contributed by atoms with Gasteiger partial charge in [0.1, 0.15) is 10.8 Å². The molecule has 0 radical (unpaired) electrons. The summed E-state index contributed by atoms with van der Waals surface area (Å²) < 4.78 is 4.99. The van der Waals surface area contributed by atoms with Crippen LogP contribution in [0.25, 0.3) is 0 Å². The quantitative estimate of drug-likeness (QED) is 0.447. The number of nitrogens with zero attached hydrogens (tertiary/aromatic N) is 1. The van der Waals surface area contributed by atoms with E-state index in [1.165, 1.54) is 18.4 Å². The number of nitrogens with one attached hydrogen (secondary N) is 2. The minimum absolute atomic E-state index is 0.325. The maximum Gasteiger partial charge on any atom is 0.341 e. The van der Waals surface area contributed by atoms with Crippen molar-refractivity contribution in [2.75, 3.05) is 17.7 Å². The van der Waals surface area contributed by atoms with Crippen LogP contribution in [0.3, 0.4) is 0 Å². The molecule has 0 aliphatic heterocycles. The summed E-state index contributed by atoms with van der Waals surface area (Å²) in [7, 11) is 1.40. The van der Waals surface area contributed by atoms with E-state index >= 15 is 0 Å². The number of thiocarbonyl (C=S) groups is 1. The monoisotopic (exact) mass is 395 g/mol. The van der Waals surface area contributed by atoms with Gasteiger partial charge in [0.15, 0.2) is 5.11 Å². The summed E-state index contributed by atoms with van der Waals surface area (Å²) >= 11 is 12.8. The van der Waals surface area contributed by atoms with Crippen LogP contribution < -0.4 is 10.6 Å². The van der Waals surface area contributed by atoms with Crippen LogP contribution in [0.1, 0.15) is 40.1 Å². The fraction of sp³-hybridized carbons (Fsp3) is 0.353. The second kappa shape index (κ2) is 8.12. The first-order chi connectivity index (χ1) is 12.1. The van der Waals surface area contributed by atoms with Crippen LogP contribution in [0, 0.1) is 0 Å².